The van der Waals surface area contributed by atoms with Crippen molar-refractivity contribution in [3.8, 4) is 11.5 Å². The van der Waals surface area contributed by atoms with Crippen LogP contribution < -0.4 is 9.47 Å². The van der Waals surface area contributed by atoms with Crippen LogP contribution in [-0.4, -0.2) is 43.4 Å². The maximum atomic E-state index is 12.4. The zero-order valence-electron chi connectivity index (χ0n) is 11.9. The maximum Gasteiger partial charge on any atom is 0.251 e. The summed E-state index contributed by atoms with van der Waals surface area (Å²) in [5, 5.41) is 0. The lowest BCUT2D eigenvalue weighted by Gasteiger charge is -2.20. The van der Waals surface area contributed by atoms with Crippen LogP contribution in [0.1, 0.15) is 30.7 Å². The fourth-order valence-corrected chi connectivity index (χ4v) is 3.38. The van der Waals surface area contributed by atoms with E-state index >= 15 is 0 Å². The quantitative estimate of drug-likeness (QED) is 0.834. The highest BCUT2D eigenvalue weighted by molar-refractivity contribution is 5.81. The van der Waals surface area contributed by atoms with Crippen LogP contribution >= 0.6 is 0 Å². The van der Waals surface area contributed by atoms with Gasteiger partial charge in [-0.25, -0.2) is 0 Å². The minimum atomic E-state index is -0.208. The van der Waals surface area contributed by atoms with Gasteiger partial charge in [-0.3, -0.25) is 4.79 Å². The molecule has 4 rings (SSSR count). The summed E-state index contributed by atoms with van der Waals surface area (Å²) in [7, 11) is 0. The van der Waals surface area contributed by atoms with E-state index in [9.17, 15) is 4.79 Å². The molecule has 3 heterocycles. The summed E-state index contributed by atoms with van der Waals surface area (Å²) in [4.78, 5) is 14.3. The monoisotopic (exact) mass is 289 g/mol. The van der Waals surface area contributed by atoms with Gasteiger partial charge >= 0.3 is 0 Å². The second-order valence-electron chi connectivity index (χ2n) is 5.88. The molecule has 1 amide bonds. The number of rotatable bonds is 2. The smallest absolute Gasteiger partial charge is 0.251 e. The third-order valence-corrected chi connectivity index (χ3v) is 4.57. The average Bonchev–Trinajstić information content (AvgIpc) is 3.25. The summed E-state index contributed by atoms with van der Waals surface area (Å²) in [6, 6.07) is 6.09. The van der Waals surface area contributed by atoms with Gasteiger partial charge in [0.1, 0.15) is 6.10 Å². The average molecular weight is 289 g/mol. The molecule has 112 valence electrons. The van der Waals surface area contributed by atoms with Gasteiger partial charge in [-0.15, -0.1) is 0 Å². The van der Waals surface area contributed by atoms with Crippen molar-refractivity contribution in [1.29, 1.82) is 0 Å². The van der Waals surface area contributed by atoms with E-state index in [1.807, 2.05) is 17.0 Å². The fourth-order valence-electron chi connectivity index (χ4n) is 3.38. The summed E-state index contributed by atoms with van der Waals surface area (Å²) >= 11 is 0. The molecule has 0 spiro atoms. The molecule has 0 N–H and O–H groups in total. The van der Waals surface area contributed by atoms with E-state index in [4.69, 9.17) is 14.2 Å². The lowest BCUT2D eigenvalue weighted by molar-refractivity contribution is -0.139. The molecule has 3 aliphatic rings. The Bertz CT molecular complexity index is 553. The molecule has 3 aliphatic heterocycles. The number of ether oxygens (including phenoxy) is 3. The van der Waals surface area contributed by atoms with Crippen molar-refractivity contribution in [3.05, 3.63) is 23.8 Å². The highest BCUT2D eigenvalue weighted by atomic mass is 16.7. The van der Waals surface area contributed by atoms with E-state index in [1.54, 1.807) is 0 Å². The molecule has 2 fully saturated rings. The van der Waals surface area contributed by atoms with Crippen LogP contribution in [0.5, 0.6) is 11.5 Å². The fraction of sp³-hybridized carbons (Fsp3) is 0.562. The first-order valence-electron chi connectivity index (χ1n) is 7.61. The van der Waals surface area contributed by atoms with Gasteiger partial charge in [0.15, 0.2) is 11.5 Å². The van der Waals surface area contributed by atoms with Gasteiger partial charge in [0, 0.05) is 25.6 Å². The number of hydrogen-bond acceptors (Lipinski definition) is 4. The normalized spacial score (nSPS) is 27.3. The van der Waals surface area contributed by atoms with Gasteiger partial charge in [0.25, 0.3) is 5.91 Å². The Morgan fingerprint density at radius 3 is 2.95 bits per heavy atom. The van der Waals surface area contributed by atoms with Gasteiger partial charge in [-0.2, -0.15) is 0 Å². The molecule has 5 heteroatoms. The number of hydrogen-bond donors (Lipinski definition) is 0. The van der Waals surface area contributed by atoms with Crippen molar-refractivity contribution in [3.63, 3.8) is 0 Å². The van der Waals surface area contributed by atoms with Crippen LogP contribution in [0.25, 0.3) is 0 Å². The minimum absolute atomic E-state index is 0.163. The SMILES string of the molecule is O=C(C1CCCO1)N1CCC(c2ccc3c(c2)OCO3)C1. The van der Waals surface area contributed by atoms with Crippen molar-refractivity contribution in [2.24, 2.45) is 0 Å². The Labute approximate surface area is 123 Å². The van der Waals surface area contributed by atoms with E-state index in [2.05, 4.69) is 6.07 Å². The predicted molar refractivity (Wildman–Crippen MR) is 75.5 cm³/mol. The number of nitrogens with zero attached hydrogens (tertiary/aromatic N) is 1. The zero-order valence-corrected chi connectivity index (χ0v) is 11.9. The zero-order chi connectivity index (χ0) is 14.2. The number of fused-ring (bicyclic) bond motifs is 1. The van der Waals surface area contributed by atoms with Crippen molar-refractivity contribution < 1.29 is 19.0 Å². The van der Waals surface area contributed by atoms with Crippen LogP contribution in [0.4, 0.5) is 0 Å². The first-order valence-corrected chi connectivity index (χ1v) is 7.61. The summed E-state index contributed by atoms with van der Waals surface area (Å²) < 4.78 is 16.3. The molecule has 2 saturated heterocycles. The standard InChI is InChI=1S/C16H19NO4/c18-16(14-2-1-7-19-14)17-6-5-12(9-17)11-3-4-13-15(8-11)21-10-20-13/h3-4,8,12,14H,1-2,5-7,9-10H2. The Kier molecular flexibility index (Phi) is 3.22. The number of amides is 1. The topological polar surface area (TPSA) is 48.0 Å². The van der Waals surface area contributed by atoms with Crippen LogP contribution in [-0.2, 0) is 9.53 Å². The summed E-state index contributed by atoms with van der Waals surface area (Å²) in [5.41, 5.74) is 1.22. The number of likely N-dealkylation sites (tertiary alicyclic amines) is 1. The summed E-state index contributed by atoms with van der Waals surface area (Å²) in [6.07, 6.45) is 2.65. The van der Waals surface area contributed by atoms with Crippen molar-refractivity contribution in [2.45, 2.75) is 31.3 Å². The van der Waals surface area contributed by atoms with Crippen LogP contribution in [0.2, 0.25) is 0 Å². The molecule has 0 aliphatic carbocycles. The minimum Gasteiger partial charge on any atom is -0.454 e. The van der Waals surface area contributed by atoms with Crippen molar-refractivity contribution in [1.82, 2.24) is 4.90 Å². The highest BCUT2D eigenvalue weighted by Crippen LogP contribution is 2.37. The first-order chi connectivity index (χ1) is 10.3. The summed E-state index contributed by atoms with van der Waals surface area (Å²) in [5.74, 6) is 2.17. The number of carbonyl (C=O) groups is 1. The van der Waals surface area contributed by atoms with Crippen LogP contribution in [0.3, 0.4) is 0 Å². The largest absolute Gasteiger partial charge is 0.454 e. The Morgan fingerprint density at radius 2 is 2.10 bits per heavy atom. The van der Waals surface area contributed by atoms with Gasteiger partial charge in [-0.05, 0) is 37.0 Å². The molecule has 0 radical (unpaired) electrons. The molecule has 1 aromatic rings. The van der Waals surface area contributed by atoms with E-state index in [0.717, 1.165) is 50.5 Å². The molecule has 1 aromatic carbocycles. The van der Waals surface area contributed by atoms with Gasteiger partial charge < -0.3 is 19.1 Å². The highest BCUT2D eigenvalue weighted by Gasteiger charge is 2.33. The van der Waals surface area contributed by atoms with E-state index in [1.165, 1.54) is 5.56 Å². The van der Waals surface area contributed by atoms with Crippen molar-refractivity contribution >= 4 is 5.91 Å². The molecular weight excluding hydrogens is 270 g/mol. The number of benzene rings is 1. The maximum absolute atomic E-state index is 12.4. The van der Waals surface area contributed by atoms with Gasteiger partial charge in [-0.1, -0.05) is 6.07 Å². The lowest BCUT2D eigenvalue weighted by Crippen LogP contribution is -2.37. The molecular formula is C16H19NO4. The molecule has 2 atom stereocenters. The molecule has 2 unspecified atom stereocenters. The molecule has 0 saturated carbocycles. The Balaban J connectivity index is 1.45. The molecule has 21 heavy (non-hydrogen) atoms. The Hall–Kier alpha value is -1.75. The Morgan fingerprint density at radius 1 is 1.19 bits per heavy atom. The first kappa shape index (κ1) is 13.0. The second-order valence-corrected chi connectivity index (χ2v) is 5.88. The number of carbonyl (C=O) groups excluding carboxylic acids is 1. The molecule has 0 bridgehead atoms. The summed E-state index contributed by atoms with van der Waals surface area (Å²) in [6.45, 7) is 2.61. The van der Waals surface area contributed by atoms with Crippen LogP contribution in [0.15, 0.2) is 18.2 Å². The van der Waals surface area contributed by atoms with E-state index < -0.39 is 0 Å². The van der Waals surface area contributed by atoms with Gasteiger partial charge in [0.2, 0.25) is 6.79 Å². The van der Waals surface area contributed by atoms with Gasteiger partial charge in [0.05, 0.1) is 0 Å². The van der Waals surface area contributed by atoms with Crippen molar-refractivity contribution in [2.75, 3.05) is 26.5 Å². The van der Waals surface area contributed by atoms with E-state index in [-0.39, 0.29) is 12.0 Å². The van der Waals surface area contributed by atoms with E-state index in [0.29, 0.717) is 12.7 Å². The third-order valence-electron chi connectivity index (χ3n) is 4.57. The molecule has 0 aromatic heterocycles. The van der Waals surface area contributed by atoms with Crippen LogP contribution in [0, 0.1) is 0 Å². The molecule has 5 nitrogen and oxygen atoms in total. The lowest BCUT2D eigenvalue weighted by atomic mass is 9.98. The predicted octanol–water partition coefficient (Wildman–Crippen LogP) is 1.91. The second kappa shape index (κ2) is 5.22. The third kappa shape index (κ3) is 2.35.